The van der Waals surface area contributed by atoms with Crippen molar-refractivity contribution in [2.24, 2.45) is 0 Å². The Balaban J connectivity index is 1.97. The van der Waals surface area contributed by atoms with E-state index in [1.807, 2.05) is 37.3 Å². The first-order valence-electron chi connectivity index (χ1n) is 8.94. The first-order chi connectivity index (χ1) is 13.9. The van der Waals surface area contributed by atoms with Gasteiger partial charge in [0, 0.05) is 5.57 Å². The summed E-state index contributed by atoms with van der Waals surface area (Å²) in [5.41, 5.74) is 2.51. The molecule has 0 unspecified atom stereocenters. The highest BCUT2D eigenvalue weighted by Gasteiger charge is 2.21. The molecule has 148 valence electrons. The normalized spacial score (nSPS) is 11.7. The molecule has 29 heavy (non-hydrogen) atoms. The lowest BCUT2D eigenvalue weighted by Crippen LogP contribution is -2.31. The Kier molecular flexibility index (Phi) is 6.14. The van der Waals surface area contributed by atoms with Crippen molar-refractivity contribution in [3.63, 3.8) is 0 Å². The highest BCUT2D eigenvalue weighted by atomic mass is 32.2. The van der Waals surface area contributed by atoms with Crippen molar-refractivity contribution in [2.45, 2.75) is 11.8 Å². The quantitative estimate of drug-likeness (QED) is 0.494. The summed E-state index contributed by atoms with van der Waals surface area (Å²) in [5, 5.41) is 0. The van der Waals surface area contributed by atoms with Gasteiger partial charge in [-0.25, -0.2) is 13.1 Å². The number of carbonyl (C=O) groups excluding carboxylic acids is 1. The van der Waals surface area contributed by atoms with Crippen LogP contribution in [-0.4, -0.2) is 21.4 Å². The molecule has 5 nitrogen and oxygen atoms in total. The Morgan fingerprint density at radius 1 is 0.897 bits per heavy atom. The van der Waals surface area contributed by atoms with Crippen LogP contribution in [0.1, 0.15) is 16.7 Å². The van der Waals surface area contributed by atoms with Crippen LogP contribution in [0.4, 0.5) is 0 Å². The molecule has 0 bridgehead atoms. The first kappa shape index (κ1) is 20.4. The number of hydrogen-bond donors (Lipinski definition) is 1. The molecule has 1 amide bonds. The van der Waals surface area contributed by atoms with Crippen LogP contribution < -0.4 is 9.46 Å². The fourth-order valence-electron chi connectivity index (χ4n) is 2.72. The van der Waals surface area contributed by atoms with Gasteiger partial charge in [-0.15, -0.1) is 0 Å². The van der Waals surface area contributed by atoms with Crippen molar-refractivity contribution in [3.8, 4) is 5.75 Å². The fourth-order valence-corrected chi connectivity index (χ4v) is 3.69. The SMILES string of the molecule is COc1ccc(/C(=C\c2ccccc2)C(=O)NS(=O)(=O)c2ccc(C)cc2)cc1. The highest BCUT2D eigenvalue weighted by molar-refractivity contribution is 7.90. The summed E-state index contributed by atoms with van der Waals surface area (Å²) in [6.45, 7) is 1.86. The van der Waals surface area contributed by atoms with Crippen LogP contribution in [0.5, 0.6) is 5.75 Å². The lowest BCUT2D eigenvalue weighted by atomic mass is 10.0. The summed E-state index contributed by atoms with van der Waals surface area (Å²) >= 11 is 0. The number of hydrogen-bond acceptors (Lipinski definition) is 4. The number of benzene rings is 3. The Labute approximate surface area is 170 Å². The standard InChI is InChI=1S/C23H21NO4S/c1-17-8-14-21(15-9-17)29(26,27)24-23(25)22(16-18-6-4-3-5-7-18)19-10-12-20(28-2)13-11-19/h3-16H,1-2H3,(H,24,25)/b22-16+. The molecule has 0 saturated heterocycles. The minimum atomic E-state index is -4.00. The second-order valence-corrected chi connectivity index (χ2v) is 8.13. The van der Waals surface area contributed by atoms with E-state index in [1.54, 1.807) is 49.6 Å². The monoisotopic (exact) mass is 407 g/mol. The molecule has 3 rings (SSSR count). The third-order valence-electron chi connectivity index (χ3n) is 4.31. The van der Waals surface area contributed by atoms with Crippen LogP contribution in [0.25, 0.3) is 11.6 Å². The van der Waals surface area contributed by atoms with Gasteiger partial charge in [0.05, 0.1) is 12.0 Å². The molecular weight excluding hydrogens is 386 g/mol. The van der Waals surface area contributed by atoms with Crippen molar-refractivity contribution in [1.82, 2.24) is 4.72 Å². The minimum Gasteiger partial charge on any atom is -0.497 e. The molecule has 3 aromatic carbocycles. The second-order valence-electron chi connectivity index (χ2n) is 6.44. The Bertz CT molecular complexity index is 1120. The van der Waals surface area contributed by atoms with Crippen molar-refractivity contribution in [3.05, 3.63) is 95.6 Å². The van der Waals surface area contributed by atoms with E-state index in [-0.39, 0.29) is 10.5 Å². The summed E-state index contributed by atoms with van der Waals surface area (Å²) in [5.74, 6) is -0.0694. The number of nitrogens with one attached hydrogen (secondary N) is 1. The molecule has 3 aromatic rings. The van der Waals surface area contributed by atoms with E-state index in [0.717, 1.165) is 11.1 Å². The average Bonchev–Trinajstić information content (AvgIpc) is 2.73. The maximum Gasteiger partial charge on any atom is 0.265 e. The molecule has 0 heterocycles. The number of sulfonamides is 1. The van der Waals surface area contributed by atoms with E-state index in [4.69, 9.17) is 4.74 Å². The van der Waals surface area contributed by atoms with Gasteiger partial charge in [0.1, 0.15) is 5.75 Å². The third kappa shape index (κ3) is 5.12. The maximum atomic E-state index is 13.0. The predicted octanol–water partition coefficient (Wildman–Crippen LogP) is 4.05. The van der Waals surface area contributed by atoms with Gasteiger partial charge < -0.3 is 4.74 Å². The number of methoxy groups -OCH3 is 1. The van der Waals surface area contributed by atoms with Crippen molar-refractivity contribution < 1.29 is 17.9 Å². The molecule has 0 radical (unpaired) electrons. The Morgan fingerprint density at radius 3 is 2.10 bits per heavy atom. The molecule has 0 fully saturated rings. The molecule has 0 aliphatic heterocycles. The zero-order valence-electron chi connectivity index (χ0n) is 16.1. The smallest absolute Gasteiger partial charge is 0.265 e. The highest BCUT2D eigenvalue weighted by Crippen LogP contribution is 2.22. The van der Waals surface area contributed by atoms with E-state index in [2.05, 4.69) is 4.72 Å². The number of ether oxygens (including phenoxy) is 1. The molecule has 6 heteroatoms. The van der Waals surface area contributed by atoms with Gasteiger partial charge in [-0.2, -0.15) is 0 Å². The molecule has 0 atom stereocenters. The van der Waals surface area contributed by atoms with Crippen molar-refractivity contribution in [1.29, 1.82) is 0 Å². The van der Waals surface area contributed by atoms with Gasteiger partial charge in [0.2, 0.25) is 0 Å². The molecule has 0 spiro atoms. The molecule has 0 saturated carbocycles. The lowest BCUT2D eigenvalue weighted by molar-refractivity contribution is -0.113. The maximum absolute atomic E-state index is 13.0. The molecule has 0 aromatic heterocycles. The van der Waals surface area contributed by atoms with Gasteiger partial charge in [-0.3, -0.25) is 4.79 Å². The summed E-state index contributed by atoms with van der Waals surface area (Å²) in [6.07, 6.45) is 1.65. The van der Waals surface area contributed by atoms with Gasteiger partial charge in [-0.05, 0) is 48.4 Å². The van der Waals surface area contributed by atoms with Crippen LogP contribution in [0.3, 0.4) is 0 Å². The Morgan fingerprint density at radius 2 is 1.52 bits per heavy atom. The summed E-state index contributed by atoms with van der Waals surface area (Å²) in [4.78, 5) is 13.0. The summed E-state index contributed by atoms with van der Waals surface area (Å²) in [6, 6.07) is 22.4. The van der Waals surface area contributed by atoms with Gasteiger partial charge in [-0.1, -0.05) is 60.2 Å². The van der Waals surface area contributed by atoms with E-state index < -0.39 is 15.9 Å². The minimum absolute atomic E-state index is 0.0326. The summed E-state index contributed by atoms with van der Waals surface area (Å²) < 4.78 is 32.7. The predicted molar refractivity (Wildman–Crippen MR) is 114 cm³/mol. The van der Waals surface area contributed by atoms with Crippen molar-refractivity contribution >= 4 is 27.6 Å². The van der Waals surface area contributed by atoms with E-state index in [9.17, 15) is 13.2 Å². The van der Waals surface area contributed by atoms with Crippen molar-refractivity contribution in [2.75, 3.05) is 7.11 Å². The zero-order valence-corrected chi connectivity index (χ0v) is 16.9. The molecule has 0 aliphatic rings. The third-order valence-corrected chi connectivity index (χ3v) is 5.66. The van der Waals surface area contributed by atoms with Crippen LogP contribution in [0.2, 0.25) is 0 Å². The molecular formula is C23H21NO4S. The molecule has 0 aliphatic carbocycles. The molecule has 1 N–H and O–H groups in total. The van der Waals surface area contributed by atoms with Gasteiger partial charge in [0.25, 0.3) is 15.9 Å². The van der Waals surface area contributed by atoms with Crippen LogP contribution >= 0.6 is 0 Å². The number of rotatable bonds is 6. The largest absolute Gasteiger partial charge is 0.497 e. The summed E-state index contributed by atoms with van der Waals surface area (Å²) in [7, 11) is -2.45. The van der Waals surface area contributed by atoms with Gasteiger partial charge >= 0.3 is 0 Å². The lowest BCUT2D eigenvalue weighted by Gasteiger charge is -2.11. The van der Waals surface area contributed by atoms with Gasteiger partial charge in [0.15, 0.2) is 0 Å². The van der Waals surface area contributed by atoms with Crippen LogP contribution in [0, 0.1) is 6.92 Å². The number of amides is 1. The topological polar surface area (TPSA) is 72.5 Å². The first-order valence-corrected chi connectivity index (χ1v) is 10.4. The Hall–Kier alpha value is -3.38. The number of aryl methyl sites for hydroxylation is 1. The fraction of sp³-hybridized carbons (Fsp3) is 0.0870. The van der Waals surface area contributed by atoms with Crippen LogP contribution in [0.15, 0.2) is 83.8 Å². The second kappa shape index (κ2) is 8.75. The zero-order chi connectivity index (χ0) is 20.9. The van der Waals surface area contributed by atoms with E-state index in [1.165, 1.54) is 12.1 Å². The van der Waals surface area contributed by atoms with E-state index >= 15 is 0 Å². The number of carbonyl (C=O) groups is 1. The average molecular weight is 407 g/mol. The van der Waals surface area contributed by atoms with E-state index in [0.29, 0.717) is 11.3 Å². The van der Waals surface area contributed by atoms with Crippen LogP contribution in [-0.2, 0) is 14.8 Å².